The molecule has 7 heteroatoms. The van der Waals surface area contributed by atoms with E-state index in [1.165, 1.54) is 24.3 Å². The summed E-state index contributed by atoms with van der Waals surface area (Å²) in [4.78, 5) is 21.7. The Kier molecular flexibility index (Phi) is 4.41. The Morgan fingerprint density at radius 2 is 1.94 bits per heavy atom. The van der Waals surface area contributed by atoms with E-state index in [2.05, 4.69) is 0 Å². The van der Waals surface area contributed by atoms with Gasteiger partial charge in [-0.25, -0.2) is 4.79 Å². The van der Waals surface area contributed by atoms with Gasteiger partial charge in [0.2, 0.25) is 0 Å². The van der Waals surface area contributed by atoms with Crippen LogP contribution in [-0.2, 0) is 6.54 Å². The van der Waals surface area contributed by atoms with Gasteiger partial charge in [0.1, 0.15) is 0 Å². The Hall–Kier alpha value is -2.15. The first kappa shape index (κ1) is 12.9. The number of nitro benzene ring substituents is 1. The first-order chi connectivity index (χ1) is 8.04. The molecule has 1 rings (SSSR count). The van der Waals surface area contributed by atoms with Crippen LogP contribution in [0.2, 0.25) is 0 Å². The SMILES string of the molecule is O=C(O)N(CCO)Cc1ccc([N+](=O)[O-])cc1. The Morgan fingerprint density at radius 3 is 2.35 bits per heavy atom. The number of rotatable bonds is 5. The molecular formula is C10H12N2O5. The van der Waals surface area contributed by atoms with E-state index in [1.54, 1.807) is 0 Å². The van der Waals surface area contributed by atoms with Crippen LogP contribution in [0.25, 0.3) is 0 Å². The number of carbonyl (C=O) groups is 1. The largest absolute Gasteiger partial charge is 0.465 e. The van der Waals surface area contributed by atoms with E-state index in [-0.39, 0.29) is 25.4 Å². The number of hydrogen-bond acceptors (Lipinski definition) is 4. The summed E-state index contributed by atoms with van der Waals surface area (Å²) in [5.41, 5.74) is 0.587. The number of non-ortho nitro benzene ring substituents is 1. The maximum Gasteiger partial charge on any atom is 0.407 e. The summed E-state index contributed by atoms with van der Waals surface area (Å²) in [5.74, 6) is 0. The third-order valence-electron chi connectivity index (χ3n) is 2.16. The minimum absolute atomic E-state index is 0.00627. The molecule has 0 atom stereocenters. The zero-order valence-corrected chi connectivity index (χ0v) is 8.94. The van der Waals surface area contributed by atoms with E-state index in [0.717, 1.165) is 4.90 Å². The predicted molar refractivity (Wildman–Crippen MR) is 58.6 cm³/mol. The monoisotopic (exact) mass is 240 g/mol. The van der Waals surface area contributed by atoms with Crippen LogP contribution in [0.5, 0.6) is 0 Å². The molecule has 7 nitrogen and oxygen atoms in total. The van der Waals surface area contributed by atoms with Crippen molar-refractivity contribution < 1.29 is 19.9 Å². The number of nitrogens with zero attached hydrogens (tertiary/aromatic N) is 2. The summed E-state index contributed by atoms with van der Waals surface area (Å²) in [6, 6.07) is 5.61. The van der Waals surface area contributed by atoms with Crippen molar-refractivity contribution in [3.8, 4) is 0 Å². The predicted octanol–water partition coefficient (Wildman–Crippen LogP) is 1.07. The van der Waals surface area contributed by atoms with Crippen molar-refractivity contribution in [2.45, 2.75) is 6.54 Å². The summed E-state index contributed by atoms with van der Waals surface area (Å²) in [5, 5.41) is 27.9. The lowest BCUT2D eigenvalue weighted by molar-refractivity contribution is -0.384. The molecule has 17 heavy (non-hydrogen) atoms. The maximum atomic E-state index is 10.8. The molecule has 0 aliphatic heterocycles. The molecular weight excluding hydrogens is 228 g/mol. The fourth-order valence-corrected chi connectivity index (χ4v) is 1.31. The molecule has 0 saturated heterocycles. The summed E-state index contributed by atoms with van der Waals surface area (Å²) >= 11 is 0. The molecule has 0 spiro atoms. The zero-order valence-electron chi connectivity index (χ0n) is 8.94. The smallest absolute Gasteiger partial charge is 0.407 e. The highest BCUT2D eigenvalue weighted by Gasteiger charge is 2.12. The van der Waals surface area contributed by atoms with E-state index in [4.69, 9.17) is 10.2 Å². The lowest BCUT2D eigenvalue weighted by Crippen LogP contribution is -2.31. The number of aliphatic hydroxyl groups excluding tert-OH is 1. The fourth-order valence-electron chi connectivity index (χ4n) is 1.31. The van der Waals surface area contributed by atoms with Crippen molar-refractivity contribution in [3.05, 3.63) is 39.9 Å². The zero-order chi connectivity index (χ0) is 12.8. The van der Waals surface area contributed by atoms with Gasteiger partial charge in [0.05, 0.1) is 11.5 Å². The Labute approximate surface area is 97.1 Å². The third-order valence-corrected chi connectivity index (χ3v) is 2.16. The molecule has 0 unspecified atom stereocenters. The number of hydrogen-bond donors (Lipinski definition) is 2. The number of aliphatic hydroxyl groups is 1. The van der Waals surface area contributed by atoms with Gasteiger partial charge in [-0.15, -0.1) is 0 Å². The van der Waals surface area contributed by atoms with E-state index in [1.807, 2.05) is 0 Å². The highest BCUT2D eigenvalue weighted by molar-refractivity contribution is 5.65. The van der Waals surface area contributed by atoms with Crippen LogP contribution in [0.1, 0.15) is 5.56 Å². The van der Waals surface area contributed by atoms with Crippen LogP contribution in [0.3, 0.4) is 0 Å². The molecule has 1 aromatic carbocycles. The van der Waals surface area contributed by atoms with Gasteiger partial charge in [0.15, 0.2) is 0 Å². The van der Waals surface area contributed by atoms with E-state index in [0.29, 0.717) is 5.56 Å². The van der Waals surface area contributed by atoms with Gasteiger partial charge in [-0.2, -0.15) is 0 Å². The standard InChI is InChI=1S/C10H12N2O5/c13-6-5-11(10(14)15)7-8-1-3-9(4-2-8)12(16)17/h1-4,13H,5-7H2,(H,14,15). The molecule has 0 aliphatic carbocycles. The second kappa shape index (κ2) is 5.80. The first-order valence-corrected chi connectivity index (χ1v) is 4.86. The van der Waals surface area contributed by atoms with Gasteiger partial charge in [0.25, 0.3) is 5.69 Å². The van der Waals surface area contributed by atoms with Crippen LogP contribution in [0.4, 0.5) is 10.5 Å². The second-order valence-corrected chi connectivity index (χ2v) is 3.35. The molecule has 2 N–H and O–H groups in total. The second-order valence-electron chi connectivity index (χ2n) is 3.35. The van der Waals surface area contributed by atoms with Gasteiger partial charge < -0.3 is 15.1 Å². The number of benzene rings is 1. The van der Waals surface area contributed by atoms with Gasteiger partial charge in [-0.1, -0.05) is 12.1 Å². The van der Waals surface area contributed by atoms with E-state index >= 15 is 0 Å². The molecule has 0 fully saturated rings. The first-order valence-electron chi connectivity index (χ1n) is 4.86. The quantitative estimate of drug-likeness (QED) is 0.591. The molecule has 0 aromatic heterocycles. The van der Waals surface area contributed by atoms with Crippen molar-refractivity contribution in [1.29, 1.82) is 0 Å². The van der Waals surface area contributed by atoms with Gasteiger partial charge in [-0.3, -0.25) is 10.1 Å². The van der Waals surface area contributed by atoms with Gasteiger partial charge >= 0.3 is 6.09 Å². The summed E-state index contributed by atoms with van der Waals surface area (Å²) in [6.45, 7) is -0.167. The normalized spacial score (nSPS) is 9.94. The molecule has 0 radical (unpaired) electrons. The lowest BCUT2D eigenvalue weighted by Gasteiger charge is -2.17. The fraction of sp³-hybridized carbons (Fsp3) is 0.300. The van der Waals surface area contributed by atoms with Crippen LogP contribution in [0.15, 0.2) is 24.3 Å². The maximum absolute atomic E-state index is 10.8. The molecule has 92 valence electrons. The molecule has 0 heterocycles. The van der Waals surface area contributed by atoms with Crippen LogP contribution in [-0.4, -0.2) is 39.3 Å². The molecule has 0 bridgehead atoms. The molecule has 0 aliphatic rings. The lowest BCUT2D eigenvalue weighted by atomic mass is 10.2. The van der Waals surface area contributed by atoms with E-state index in [9.17, 15) is 14.9 Å². The minimum atomic E-state index is -1.14. The van der Waals surface area contributed by atoms with Crippen LogP contribution >= 0.6 is 0 Å². The van der Waals surface area contributed by atoms with Crippen LogP contribution in [0, 0.1) is 10.1 Å². The molecule has 1 aromatic rings. The Balaban J connectivity index is 2.73. The summed E-state index contributed by atoms with van der Waals surface area (Å²) in [6.07, 6.45) is -1.14. The number of nitro groups is 1. The van der Waals surface area contributed by atoms with Gasteiger partial charge in [-0.05, 0) is 5.56 Å². The molecule has 1 amide bonds. The third kappa shape index (κ3) is 3.72. The molecule has 0 saturated carbocycles. The Bertz CT molecular complexity index is 404. The average molecular weight is 240 g/mol. The Morgan fingerprint density at radius 1 is 1.35 bits per heavy atom. The van der Waals surface area contributed by atoms with Crippen molar-refractivity contribution in [3.63, 3.8) is 0 Å². The van der Waals surface area contributed by atoms with Crippen LogP contribution < -0.4 is 0 Å². The topological polar surface area (TPSA) is 104 Å². The van der Waals surface area contributed by atoms with Crippen molar-refractivity contribution in [2.75, 3.05) is 13.2 Å². The average Bonchev–Trinajstić information content (AvgIpc) is 2.29. The number of amides is 1. The highest BCUT2D eigenvalue weighted by Crippen LogP contribution is 2.13. The summed E-state index contributed by atoms with van der Waals surface area (Å²) in [7, 11) is 0. The highest BCUT2D eigenvalue weighted by atomic mass is 16.6. The van der Waals surface area contributed by atoms with Crippen molar-refractivity contribution in [2.24, 2.45) is 0 Å². The minimum Gasteiger partial charge on any atom is -0.465 e. The summed E-state index contributed by atoms with van der Waals surface area (Å²) < 4.78 is 0. The number of carboxylic acid groups (broad SMARTS) is 1. The van der Waals surface area contributed by atoms with Gasteiger partial charge in [0, 0.05) is 25.2 Å². The van der Waals surface area contributed by atoms with Crippen molar-refractivity contribution >= 4 is 11.8 Å². The van der Waals surface area contributed by atoms with E-state index < -0.39 is 11.0 Å². The van der Waals surface area contributed by atoms with Crippen molar-refractivity contribution in [1.82, 2.24) is 4.90 Å².